The second-order valence-electron chi connectivity index (χ2n) is 3.44. The first-order valence-electron chi connectivity index (χ1n) is 4.82. The maximum atomic E-state index is 11.5. The van der Waals surface area contributed by atoms with Crippen molar-refractivity contribution in [2.24, 2.45) is 10.2 Å². The number of esters is 1. The normalized spacial score (nSPS) is 27.6. The summed E-state index contributed by atoms with van der Waals surface area (Å²) >= 11 is 0. The average molecular weight is 200 g/mol. The zero-order chi connectivity index (χ0) is 10.6. The topological polar surface area (TPSA) is 71.2 Å². The molecule has 0 aliphatic carbocycles. The molecule has 80 valence electrons. The Bertz CT molecular complexity index is 242. The SMILES string of the molecule is CCC[C@@H](O)[C@]1(C(=O)OC)CCN=N1. The molecule has 1 rings (SSSR count). The van der Waals surface area contributed by atoms with Crippen LogP contribution in [0, 0.1) is 0 Å². The van der Waals surface area contributed by atoms with E-state index in [1.165, 1.54) is 7.11 Å². The van der Waals surface area contributed by atoms with Crippen molar-refractivity contribution in [2.45, 2.75) is 37.8 Å². The average Bonchev–Trinajstić information content (AvgIpc) is 2.67. The molecule has 0 radical (unpaired) electrons. The van der Waals surface area contributed by atoms with Crippen LogP contribution < -0.4 is 0 Å². The third-order valence-electron chi connectivity index (χ3n) is 2.49. The predicted molar refractivity (Wildman–Crippen MR) is 50.0 cm³/mol. The van der Waals surface area contributed by atoms with Crippen LogP contribution >= 0.6 is 0 Å². The van der Waals surface area contributed by atoms with E-state index >= 15 is 0 Å². The number of aliphatic hydroxyl groups is 1. The van der Waals surface area contributed by atoms with Crippen molar-refractivity contribution >= 4 is 5.97 Å². The molecule has 0 unspecified atom stereocenters. The summed E-state index contributed by atoms with van der Waals surface area (Å²) in [6.45, 7) is 2.43. The molecule has 0 aromatic heterocycles. The summed E-state index contributed by atoms with van der Waals surface area (Å²) in [5.41, 5.74) is -1.13. The van der Waals surface area contributed by atoms with Gasteiger partial charge < -0.3 is 9.84 Å². The van der Waals surface area contributed by atoms with Gasteiger partial charge in [-0.15, -0.1) is 0 Å². The van der Waals surface area contributed by atoms with E-state index in [2.05, 4.69) is 15.0 Å². The summed E-state index contributed by atoms with van der Waals surface area (Å²) < 4.78 is 4.65. The minimum Gasteiger partial charge on any atom is -0.467 e. The van der Waals surface area contributed by atoms with Crippen LogP contribution in [0.4, 0.5) is 0 Å². The van der Waals surface area contributed by atoms with Gasteiger partial charge in [-0.25, -0.2) is 4.79 Å². The maximum Gasteiger partial charge on any atom is 0.338 e. The Kier molecular flexibility index (Phi) is 3.57. The molecule has 1 heterocycles. The minimum atomic E-state index is -1.13. The number of aliphatic hydroxyl groups excluding tert-OH is 1. The van der Waals surface area contributed by atoms with Gasteiger partial charge in [-0.2, -0.15) is 10.2 Å². The van der Waals surface area contributed by atoms with Crippen molar-refractivity contribution < 1.29 is 14.6 Å². The van der Waals surface area contributed by atoms with Crippen LogP contribution in [0.5, 0.6) is 0 Å². The van der Waals surface area contributed by atoms with E-state index in [0.29, 0.717) is 19.4 Å². The molecule has 1 aliphatic heterocycles. The number of nitrogens with zero attached hydrogens (tertiary/aromatic N) is 2. The van der Waals surface area contributed by atoms with Gasteiger partial charge in [0.1, 0.15) is 0 Å². The molecule has 0 bridgehead atoms. The molecule has 1 N–H and O–H groups in total. The van der Waals surface area contributed by atoms with Gasteiger partial charge in [-0.05, 0) is 6.42 Å². The lowest BCUT2D eigenvalue weighted by Gasteiger charge is -2.26. The Labute approximate surface area is 83.2 Å². The van der Waals surface area contributed by atoms with Crippen LogP contribution in [0.3, 0.4) is 0 Å². The van der Waals surface area contributed by atoms with Gasteiger partial charge in [-0.1, -0.05) is 13.3 Å². The van der Waals surface area contributed by atoms with Gasteiger partial charge in [-0.3, -0.25) is 0 Å². The summed E-state index contributed by atoms with van der Waals surface area (Å²) in [5.74, 6) is -0.486. The smallest absolute Gasteiger partial charge is 0.338 e. The minimum absolute atomic E-state index is 0.445. The largest absolute Gasteiger partial charge is 0.467 e. The van der Waals surface area contributed by atoms with Gasteiger partial charge in [0, 0.05) is 6.42 Å². The van der Waals surface area contributed by atoms with E-state index in [1.807, 2.05) is 6.92 Å². The Hall–Kier alpha value is -0.970. The molecule has 14 heavy (non-hydrogen) atoms. The lowest BCUT2D eigenvalue weighted by molar-refractivity contribution is -0.151. The van der Waals surface area contributed by atoms with Crippen molar-refractivity contribution in [3.63, 3.8) is 0 Å². The fourth-order valence-corrected chi connectivity index (χ4v) is 1.65. The quantitative estimate of drug-likeness (QED) is 0.686. The summed E-state index contributed by atoms with van der Waals surface area (Å²) in [6, 6.07) is 0. The van der Waals surface area contributed by atoms with Crippen LogP contribution in [0.2, 0.25) is 0 Å². The van der Waals surface area contributed by atoms with Gasteiger partial charge in [0.05, 0.1) is 19.8 Å². The number of carbonyl (C=O) groups is 1. The van der Waals surface area contributed by atoms with E-state index in [0.717, 1.165) is 6.42 Å². The lowest BCUT2D eigenvalue weighted by Crippen LogP contribution is -2.47. The van der Waals surface area contributed by atoms with Crippen LogP contribution in [0.15, 0.2) is 10.2 Å². The Morgan fingerprint density at radius 1 is 1.71 bits per heavy atom. The van der Waals surface area contributed by atoms with Crippen LogP contribution in [0.25, 0.3) is 0 Å². The molecule has 0 saturated heterocycles. The van der Waals surface area contributed by atoms with Crippen molar-refractivity contribution in [2.75, 3.05) is 13.7 Å². The number of hydrogen-bond donors (Lipinski definition) is 1. The van der Waals surface area contributed by atoms with E-state index in [4.69, 9.17) is 0 Å². The highest BCUT2D eigenvalue weighted by atomic mass is 16.5. The molecule has 0 spiro atoms. The molecule has 0 amide bonds. The number of ether oxygens (including phenoxy) is 1. The van der Waals surface area contributed by atoms with Gasteiger partial charge in [0.15, 0.2) is 0 Å². The Morgan fingerprint density at radius 2 is 2.43 bits per heavy atom. The molecule has 2 atom stereocenters. The van der Waals surface area contributed by atoms with Crippen molar-refractivity contribution in [3.05, 3.63) is 0 Å². The van der Waals surface area contributed by atoms with Crippen molar-refractivity contribution in [1.82, 2.24) is 0 Å². The zero-order valence-electron chi connectivity index (χ0n) is 8.56. The van der Waals surface area contributed by atoms with Gasteiger partial charge in [0.2, 0.25) is 5.54 Å². The van der Waals surface area contributed by atoms with Crippen LogP contribution in [-0.4, -0.2) is 36.4 Å². The van der Waals surface area contributed by atoms with Crippen molar-refractivity contribution in [3.8, 4) is 0 Å². The number of rotatable bonds is 4. The summed E-state index contributed by atoms with van der Waals surface area (Å²) in [4.78, 5) is 11.5. The van der Waals surface area contributed by atoms with E-state index < -0.39 is 17.6 Å². The first-order chi connectivity index (χ1) is 6.67. The highest BCUT2D eigenvalue weighted by molar-refractivity contribution is 5.82. The summed E-state index contributed by atoms with van der Waals surface area (Å²) in [5, 5.41) is 17.5. The first kappa shape index (κ1) is 11.1. The first-order valence-corrected chi connectivity index (χ1v) is 4.82. The molecule has 0 aromatic carbocycles. The molecular weight excluding hydrogens is 184 g/mol. The van der Waals surface area contributed by atoms with Gasteiger partial charge in [0.25, 0.3) is 0 Å². The number of carbonyl (C=O) groups excluding carboxylic acids is 1. The van der Waals surface area contributed by atoms with E-state index in [9.17, 15) is 9.90 Å². The molecule has 1 aliphatic rings. The Balaban J connectivity index is 2.81. The second kappa shape index (κ2) is 4.50. The maximum absolute atomic E-state index is 11.5. The Morgan fingerprint density at radius 3 is 2.86 bits per heavy atom. The third-order valence-corrected chi connectivity index (χ3v) is 2.49. The second-order valence-corrected chi connectivity index (χ2v) is 3.44. The van der Waals surface area contributed by atoms with E-state index in [-0.39, 0.29) is 0 Å². The molecule has 5 heteroatoms. The predicted octanol–water partition coefficient (Wildman–Crippen LogP) is 0.915. The van der Waals surface area contributed by atoms with Crippen LogP contribution in [-0.2, 0) is 9.53 Å². The monoisotopic (exact) mass is 200 g/mol. The number of azo groups is 1. The molecule has 0 fully saturated rings. The summed E-state index contributed by atoms with van der Waals surface area (Å²) in [6.07, 6.45) is 0.996. The number of hydrogen-bond acceptors (Lipinski definition) is 5. The van der Waals surface area contributed by atoms with Crippen molar-refractivity contribution in [1.29, 1.82) is 0 Å². The molecule has 5 nitrogen and oxygen atoms in total. The van der Waals surface area contributed by atoms with Gasteiger partial charge >= 0.3 is 5.97 Å². The summed E-state index contributed by atoms with van der Waals surface area (Å²) in [7, 11) is 1.30. The highest BCUT2D eigenvalue weighted by Gasteiger charge is 2.48. The standard InChI is InChI=1S/C9H16N2O3/c1-3-4-7(12)9(8(13)14-2)5-6-10-11-9/h7,12H,3-6H2,1-2H3/t7-,9+/m1/s1. The fraction of sp³-hybridized carbons (Fsp3) is 0.889. The zero-order valence-corrected chi connectivity index (χ0v) is 8.56. The molecule has 0 aromatic rings. The highest BCUT2D eigenvalue weighted by Crippen LogP contribution is 2.30. The number of methoxy groups -OCH3 is 1. The molecular formula is C9H16N2O3. The van der Waals surface area contributed by atoms with Crippen LogP contribution in [0.1, 0.15) is 26.2 Å². The van der Waals surface area contributed by atoms with E-state index in [1.54, 1.807) is 0 Å². The molecule has 0 saturated carbocycles. The third kappa shape index (κ3) is 1.77. The lowest BCUT2D eigenvalue weighted by atomic mass is 9.88. The fourth-order valence-electron chi connectivity index (χ4n) is 1.65.